The van der Waals surface area contributed by atoms with E-state index in [0.29, 0.717) is 11.5 Å². The van der Waals surface area contributed by atoms with Crippen molar-refractivity contribution in [2.75, 3.05) is 26.1 Å². The average Bonchev–Trinajstić information content (AvgIpc) is 2.67. The zero-order chi connectivity index (χ0) is 19.1. The monoisotopic (exact) mass is 357 g/mol. The molecule has 138 valence electrons. The van der Waals surface area contributed by atoms with Gasteiger partial charge in [0, 0.05) is 11.8 Å². The van der Waals surface area contributed by atoms with Crippen LogP contribution in [0.3, 0.4) is 0 Å². The molecule has 0 spiro atoms. The summed E-state index contributed by atoms with van der Waals surface area (Å²) < 4.78 is 15.4. The molecule has 2 aromatic rings. The van der Waals surface area contributed by atoms with E-state index in [1.54, 1.807) is 6.07 Å². The minimum Gasteiger partial charge on any atom is -0.497 e. The lowest BCUT2D eigenvalue weighted by Crippen LogP contribution is -2.22. The minimum atomic E-state index is -0.627. The number of methoxy groups -OCH3 is 2. The van der Waals surface area contributed by atoms with Crippen LogP contribution in [0.15, 0.2) is 36.4 Å². The number of para-hydroxylation sites is 1. The second kappa shape index (κ2) is 8.89. The van der Waals surface area contributed by atoms with Crippen molar-refractivity contribution in [3.8, 4) is 11.5 Å². The molecule has 0 unspecified atom stereocenters. The number of rotatable bonds is 7. The van der Waals surface area contributed by atoms with Gasteiger partial charge in [-0.15, -0.1) is 0 Å². The topological polar surface area (TPSA) is 73.9 Å². The van der Waals surface area contributed by atoms with Crippen molar-refractivity contribution in [1.29, 1.82) is 0 Å². The third-order valence-corrected chi connectivity index (χ3v) is 3.93. The van der Waals surface area contributed by atoms with Gasteiger partial charge in [0.1, 0.15) is 11.5 Å². The molecule has 0 saturated heterocycles. The summed E-state index contributed by atoms with van der Waals surface area (Å²) in [4.78, 5) is 24.4. The van der Waals surface area contributed by atoms with Gasteiger partial charge in [0.15, 0.2) is 6.61 Å². The van der Waals surface area contributed by atoms with E-state index in [1.165, 1.54) is 26.4 Å². The van der Waals surface area contributed by atoms with E-state index in [4.69, 9.17) is 14.2 Å². The number of amides is 1. The summed E-state index contributed by atoms with van der Waals surface area (Å²) >= 11 is 0. The van der Waals surface area contributed by atoms with Gasteiger partial charge in [-0.1, -0.05) is 25.1 Å². The van der Waals surface area contributed by atoms with E-state index in [2.05, 4.69) is 5.32 Å². The maximum Gasteiger partial charge on any atom is 0.338 e. The summed E-state index contributed by atoms with van der Waals surface area (Å²) in [5.74, 6) is -0.0865. The van der Waals surface area contributed by atoms with E-state index in [-0.39, 0.29) is 12.2 Å². The summed E-state index contributed by atoms with van der Waals surface area (Å²) in [6.45, 7) is 3.56. The summed E-state index contributed by atoms with van der Waals surface area (Å²) in [7, 11) is 2.98. The number of esters is 1. The third-order valence-electron chi connectivity index (χ3n) is 3.93. The van der Waals surface area contributed by atoms with Gasteiger partial charge in [0.05, 0.1) is 19.8 Å². The van der Waals surface area contributed by atoms with Crippen LogP contribution < -0.4 is 14.8 Å². The van der Waals surface area contributed by atoms with E-state index in [9.17, 15) is 9.59 Å². The van der Waals surface area contributed by atoms with Crippen molar-refractivity contribution in [2.45, 2.75) is 20.3 Å². The Balaban J connectivity index is 2.03. The highest BCUT2D eigenvalue weighted by Gasteiger charge is 2.14. The average molecular weight is 357 g/mol. The highest BCUT2D eigenvalue weighted by atomic mass is 16.5. The number of carbonyl (C=O) groups is 2. The Kier molecular flexibility index (Phi) is 6.60. The number of benzene rings is 2. The van der Waals surface area contributed by atoms with Crippen LogP contribution in [0.2, 0.25) is 0 Å². The minimum absolute atomic E-state index is 0.249. The van der Waals surface area contributed by atoms with Gasteiger partial charge in [-0.3, -0.25) is 4.79 Å². The molecule has 0 aliphatic carbocycles. The second-order valence-corrected chi connectivity index (χ2v) is 5.69. The summed E-state index contributed by atoms with van der Waals surface area (Å²) in [6.07, 6.45) is 0.792. The van der Waals surface area contributed by atoms with E-state index < -0.39 is 11.9 Å². The Labute approximate surface area is 153 Å². The van der Waals surface area contributed by atoms with Crippen molar-refractivity contribution in [3.05, 3.63) is 53.1 Å². The molecule has 0 aliphatic heterocycles. The lowest BCUT2D eigenvalue weighted by molar-refractivity contribution is -0.119. The summed E-state index contributed by atoms with van der Waals surface area (Å²) in [6, 6.07) is 10.5. The quantitative estimate of drug-likeness (QED) is 0.769. The molecule has 6 heteroatoms. The van der Waals surface area contributed by atoms with E-state index in [0.717, 1.165) is 23.2 Å². The highest BCUT2D eigenvalue weighted by Crippen LogP contribution is 2.23. The first-order valence-electron chi connectivity index (χ1n) is 8.27. The second-order valence-electron chi connectivity index (χ2n) is 5.69. The molecule has 0 radical (unpaired) electrons. The van der Waals surface area contributed by atoms with E-state index in [1.807, 2.05) is 32.0 Å². The first-order chi connectivity index (χ1) is 12.5. The van der Waals surface area contributed by atoms with E-state index >= 15 is 0 Å². The fraction of sp³-hybridized carbons (Fsp3) is 0.300. The van der Waals surface area contributed by atoms with Crippen molar-refractivity contribution in [1.82, 2.24) is 0 Å². The molecular weight excluding hydrogens is 334 g/mol. The van der Waals surface area contributed by atoms with Gasteiger partial charge < -0.3 is 19.5 Å². The van der Waals surface area contributed by atoms with Crippen LogP contribution in [0.25, 0.3) is 0 Å². The number of hydrogen-bond acceptors (Lipinski definition) is 5. The van der Waals surface area contributed by atoms with Gasteiger partial charge in [-0.2, -0.15) is 0 Å². The number of hydrogen-bond donors (Lipinski definition) is 1. The van der Waals surface area contributed by atoms with Crippen LogP contribution in [0, 0.1) is 6.92 Å². The molecule has 1 N–H and O–H groups in total. The Hall–Kier alpha value is -3.02. The number of aryl methyl sites for hydroxylation is 2. The fourth-order valence-corrected chi connectivity index (χ4v) is 2.52. The molecule has 0 aromatic heterocycles. The van der Waals surface area contributed by atoms with Crippen LogP contribution in [-0.2, 0) is 16.0 Å². The maximum atomic E-state index is 12.2. The largest absolute Gasteiger partial charge is 0.497 e. The molecule has 2 rings (SSSR count). The predicted octanol–water partition coefficient (Wildman–Crippen LogP) is 3.37. The van der Waals surface area contributed by atoms with Crippen LogP contribution in [-0.4, -0.2) is 32.7 Å². The van der Waals surface area contributed by atoms with Crippen molar-refractivity contribution in [3.63, 3.8) is 0 Å². The molecule has 0 fully saturated rings. The molecule has 0 saturated carbocycles. The SMILES string of the molecule is CCc1cccc(C)c1NC(=O)COC(=O)c1cc(OC)cc(OC)c1. The van der Waals surface area contributed by atoms with Crippen LogP contribution >= 0.6 is 0 Å². The van der Waals surface area contributed by atoms with Crippen molar-refractivity contribution in [2.24, 2.45) is 0 Å². The Morgan fingerprint density at radius 3 is 2.27 bits per heavy atom. The summed E-state index contributed by atoms with van der Waals surface area (Å²) in [5, 5.41) is 2.82. The number of nitrogens with one attached hydrogen (secondary N) is 1. The molecule has 6 nitrogen and oxygen atoms in total. The first-order valence-corrected chi connectivity index (χ1v) is 8.27. The molecular formula is C20H23NO5. The molecule has 1 amide bonds. The molecule has 2 aromatic carbocycles. The lowest BCUT2D eigenvalue weighted by Gasteiger charge is -2.13. The van der Waals surface area contributed by atoms with Gasteiger partial charge >= 0.3 is 5.97 Å². The number of ether oxygens (including phenoxy) is 3. The molecule has 0 heterocycles. The molecule has 26 heavy (non-hydrogen) atoms. The van der Waals surface area contributed by atoms with Crippen LogP contribution in [0.1, 0.15) is 28.4 Å². The summed E-state index contributed by atoms with van der Waals surface area (Å²) in [5.41, 5.74) is 3.00. The molecule has 0 atom stereocenters. The molecule has 0 bridgehead atoms. The van der Waals surface area contributed by atoms with Crippen molar-refractivity contribution >= 4 is 17.6 Å². The standard InChI is InChI=1S/C20H23NO5/c1-5-14-8-6-7-13(2)19(14)21-18(22)12-26-20(23)15-9-16(24-3)11-17(10-15)25-4/h6-11H,5,12H2,1-4H3,(H,21,22). The smallest absolute Gasteiger partial charge is 0.338 e. The fourth-order valence-electron chi connectivity index (χ4n) is 2.52. The van der Waals surface area contributed by atoms with Gasteiger partial charge in [-0.25, -0.2) is 4.79 Å². The lowest BCUT2D eigenvalue weighted by atomic mass is 10.1. The van der Waals surface area contributed by atoms with Gasteiger partial charge in [0.25, 0.3) is 5.91 Å². The van der Waals surface area contributed by atoms with Gasteiger partial charge in [0.2, 0.25) is 0 Å². The van der Waals surface area contributed by atoms with Crippen molar-refractivity contribution < 1.29 is 23.8 Å². The first kappa shape index (κ1) is 19.3. The van der Waals surface area contributed by atoms with Crippen LogP contribution in [0.4, 0.5) is 5.69 Å². The Morgan fingerprint density at radius 2 is 1.69 bits per heavy atom. The zero-order valence-corrected chi connectivity index (χ0v) is 15.4. The van der Waals surface area contributed by atoms with Gasteiger partial charge in [-0.05, 0) is 36.6 Å². The zero-order valence-electron chi connectivity index (χ0n) is 15.4. The number of carbonyl (C=O) groups excluding carboxylic acids is 2. The third kappa shape index (κ3) is 4.75. The Morgan fingerprint density at radius 1 is 1.04 bits per heavy atom. The number of anilines is 1. The normalized spacial score (nSPS) is 10.2. The predicted molar refractivity (Wildman–Crippen MR) is 99.0 cm³/mol. The maximum absolute atomic E-state index is 12.2. The highest BCUT2D eigenvalue weighted by molar-refractivity contribution is 5.96. The van der Waals surface area contributed by atoms with Crippen LogP contribution in [0.5, 0.6) is 11.5 Å². The molecule has 0 aliphatic rings. The Bertz CT molecular complexity index is 779.